The quantitative estimate of drug-likeness (QED) is 0.472. The Morgan fingerprint density at radius 1 is 1.11 bits per heavy atom. The van der Waals surface area contributed by atoms with Gasteiger partial charge in [0.25, 0.3) is 0 Å². The van der Waals surface area contributed by atoms with Gasteiger partial charge in [0.1, 0.15) is 11.6 Å². The van der Waals surface area contributed by atoms with E-state index in [0.717, 1.165) is 0 Å². The van der Waals surface area contributed by atoms with E-state index in [2.05, 4.69) is 0 Å². The maximum atomic E-state index is 14.0. The number of Topliss-reactive ketones (excluding diaryl/α,β-unsaturated/α-hetero) is 3. The lowest BCUT2D eigenvalue weighted by Crippen LogP contribution is -2.60. The molecule has 4 aliphatic rings. The Morgan fingerprint density at radius 3 is 2.32 bits per heavy atom. The van der Waals surface area contributed by atoms with Crippen molar-refractivity contribution in [2.24, 2.45) is 39.4 Å². The van der Waals surface area contributed by atoms with Gasteiger partial charge in [-0.3, -0.25) is 14.4 Å². The van der Waals surface area contributed by atoms with E-state index in [-0.39, 0.29) is 59.9 Å². The number of ketones is 3. The van der Waals surface area contributed by atoms with Crippen LogP contribution in [-0.2, 0) is 19.2 Å². The summed E-state index contributed by atoms with van der Waals surface area (Å²) in [6.45, 7) is 13.1. The molecule has 2 saturated carbocycles. The maximum Gasteiger partial charge on any atom is 0.331 e. The first-order valence-corrected chi connectivity index (χ1v) is 13.6. The highest BCUT2D eigenvalue weighted by molar-refractivity contribution is 6.05. The third kappa shape index (κ3) is 3.75. The van der Waals surface area contributed by atoms with Crippen molar-refractivity contribution in [2.45, 2.75) is 99.2 Å². The molecule has 0 aromatic rings. The Hall–Kier alpha value is -2.12. The van der Waals surface area contributed by atoms with Crippen LogP contribution >= 0.6 is 0 Å². The van der Waals surface area contributed by atoms with Crippen LogP contribution in [0.1, 0.15) is 87.0 Å². The normalized spacial score (nSPS) is 41.2. The highest BCUT2D eigenvalue weighted by Gasteiger charge is 2.70. The Labute approximate surface area is 219 Å². The van der Waals surface area contributed by atoms with Crippen LogP contribution in [0.15, 0.2) is 22.8 Å². The molecule has 0 radical (unpaired) electrons. The Bertz CT molecular complexity index is 1130. The first-order valence-electron chi connectivity index (χ1n) is 13.6. The molecule has 0 aromatic heterocycles. The van der Waals surface area contributed by atoms with E-state index in [1.54, 1.807) is 0 Å². The van der Waals surface area contributed by atoms with Gasteiger partial charge in [-0.2, -0.15) is 0 Å². The molecule has 0 saturated heterocycles. The molecule has 7 nitrogen and oxygen atoms in total. The summed E-state index contributed by atoms with van der Waals surface area (Å²) in [5.74, 6) is -1.52. The molecule has 8 atom stereocenters. The molecule has 0 amide bonds. The molecule has 3 N–H and O–H groups in total. The number of aliphatic hydroxyl groups excluding tert-OH is 2. The topological polar surface area (TPSA) is 129 Å². The zero-order valence-corrected chi connectivity index (χ0v) is 23.2. The van der Waals surface area contributed by atoms with Crippen molar-refractivity contribution in [3.8, 4) is 0 Å². The number of carbonyl (C=O) groups excluding carboxylic acids is 3. The van der Waals surface area contributed by atoms with Gasteiger partial charge in [-0.25, -0.2) is 4.79 Å². The van der Waals surface area contributed by atoms with Crippen LogP contribution in [0.25, 0.3) is 0 Å². The average Bonchev–Trinajstić information content (AvgIpc) is 2.99. The van der Waals surface area contributed by atoms with E-state index in [0.29, 0.717) is 30.4 Å². The second-order valence-electron chi connectivity index (χ2n) is 13.5. The fourth-order valence-corrected chi connectivity index (χ4v) is 8.89. The molecule has 4 aliphatic carbocycles. The van der Waals surface area contributed by atoms with E-state index in [1.807, 2.05) is 41.5 Å². The zero-order chi connectivity index (χ0) is 27.9. The van der Waals surface area contributed by atoms with Gasteiger partial charge in [-0.1, -0.05) is 34.6 Å². The largest absolute Gasteiger partial charge is 0.478 e. The Balaban J connectivity index is 1.77. The first kappa shape index (κ1) is 27.9. The molecule has 4 rings (SSSR count). The summed E-state index contributed by atoms with van der Waals surface area (Å²) >= 11 is 0. The number of carboxylic acid groups (broad SMARTS) is 1. The molecule has 0 aliphatic heterocycles. The van der Waals surface area contributed by atoms with Gasteiger partial charge < -0.3 is 15.3 Å². The first-order chi connectivity index (χ1) is 16.9. The highest BCUT2D eigenvalue weighted by atomic mass is 16.4. The number of fused-ring (bicyclic) bond motifs is 4. The Morgan fingerprint density at radius 2 is 1.73 bits per heavy atom. The van der Waals surface area contributed by atoms with Crippen molar-refractivity contribution in [1.29, 1.82) is 0 Å². The molecule has 2 fully saturated rings. The van der Waals surface area contributed by atoms with Crippen molar-refractivity contribution in [2.75, 3.05) is 0 Å². The van der Waals surface area contributed by atoms with Gasteiger partial charge >= 0.3 is 5.97 Å². The molecular weight excluding hydrogens is 472 g/mol. The van der Waals surface area contributed by atoms with Crippen LogP contribution in [0.2, 0.25) is 0 Å². The van der Waals surface area contributed by atoms with Crippen LogP contribution in [-0.4, -0.2) is 50.8 Å². The number of carboxylic acids is 1. The van der Waals surface area contributed by atoms with Crippen molar-refractivity contribution < 1.29 is 34.5 Å². The van der Waals surface area contributed by atoms with Gasteiger partial charge in [0, 0.05) is 41.2 Å². The summed E-state index contributed by atoms with van der Waals surface area (Å²) in [5, 5.41) is 31.3. The molecule has 0 bridgehead atoms. The van der Waals surface area contributed by atoms with Crippen molar-refractivity contribution >= 4 is 23.3 Å². The second-order valence-corrected chi connectivity index (χ2v) is 13.5. The summed E-state index contributed by atoms with van der Waals surface area (Å²) in [5.41, 5.74) is -1.80. The number of rotatable bonds is 5. The minimum Gasteiger partial charge on any atom is -0.478 e. The summed E-state index contributed by atoms with van der Waals surface area (Å²) in [6.07, 6.45) is 1.32. The fourth-order valence-electron chi connectivity index (χ4n) is 8.89. The van der Waals surface area contributed by atoms with Gasteiger partial charge in [0.05, 0.1) is 17.6 Å². The third-order valence-corrected chi connectivity index (χ3v) is 11.2. The highest BCUT2D eigenvalue weighted by Crippen LogP contribution is 2.70. The van der Waals surface area contributed by atoms with Crippen LogP contribution in [0, 0.1) is 39.4 Å². The van der Waals surface area contributed by atoms with Crippen LogP contribution in [0.4, 0.5) is 0 Å². The predicted molar refractivity (Wildman–Crippen MR) is 137 cm³/mol. The minimum atomic E-state index is -1.09. The lowest BCUT2D eigenvalue weighted by atomic mass is 9.42. The lowest BCUT2D eigenvalue weighted by molar-refractivity contribution is -0.146. The van der Waals surface area contributed by atoms with Gasteiger partial charge in [0.2, 0.25) is 0 Å². The number of allylic oxidation sites excluding steroid dienone is 1. The van der Waals surface area contributed by atoms with Crippen LogP contribution in [0.5, 0.6) is 0 Å². The van der Waals surface area contributed by atoms with Gasteiger partial charge in [-0.05, 0) is 67.9 Å². The molecule has 204 valence electrons. The minimum absolute atomic E-state index is 0.00541. The Kier molecular flexibility index (Phi) is 6.56. The monoisotopic (exact) mass is 514 g/mol. The maximum absolute atomic E-state index is 14.0. The molecule has 0 unspecified atom stereocenters. The zero-order valence-electron chi connectivity index (χ0n) is 23.2. The molecule has 0 aromatic carbocycles. The number of aliphatic hydroxyl groups is 2. The lowest BCUT2D eigenvalue weighted by Gasteiger charge is -2.60. The standard InChI is InChI=1S/C30H42O7/c1-15(10-17(31)11-16(2)26(36)37)18-12-23(35)30(7)25-19(32)13-21-27(3,4)22(34)8-9-28(21,5)24(25)20(33)14-29(18,30)6/h11,15,17-19,21,31-32H,8-10,12-14H2,1-7H3,(H,36,37)/t15-,17+,18-,19+,21+,28+,29-,30+/m1/s1. The van der Waals surface area contributed by atoms with Crippen molar-refractivity contribution in [3.05, 3.63) is 22.8 Å². The number of hydrogen-bond donors (Lipinski definition) is 3. The van der Waals surface area contributed by atoms with Crippen molar-refractivity contribution in [3.63, 3.8) is 0 Å². The number of carbonyl (C=O) groups is 4. The molecule has 7 heteroatoms. The fraction of sp³-hybridized carbons (Fsp3) is 0.733. The smallest absolute Gasteiger partial charge is 0.331 e. The van der Waals surface area contributed by atoms with E-state index in [4.69, 9.17) is 5.11 Å². The predicted octanol–water partition coefficient (Wildman–Crippen LogP) is 4.05. The van der Waals surface area contributed by atoms with Crippen LogP contribution < -0.4 is 0 Å². The second kappa shape index (κ2) is 8.70. The van der Waals surface area contributed by atoms with E-state index in [1.165, 1.54) is 13.0 Å². The van der Waals surface area contributed by atoms with E-state index >= 15 is 0 Å². The molecule has 0 spiro atoms. The summed E-state index contributed by atoms with van der Waals surface area (Å²) in [7, 11) is 0. The SMILES string of the molecule is CC(=C[C@@H](O)C[C@@H](C)[C@H]1CC(=O)[C@@]2(C)C3=C(C(=O)C[C@]12C)[C@@]1(C)CCC(=O)C(C)(C)[C@@H]1C[C@@H]3O)C(=O)O. The summed E-state index contributed by atoms with van der Waals surface area (Å²) < 4.78 is 0. The molecular formula is C30H42O7. The van der Waals surface area contributed by atoms with Gasteiger partial charge in [0.15, 0.2) is 5.78 Å². The molecule has 37 heavy (non-hydrogen) atoms. The number of hydrogen-bond acceptors (Lipinski definition) is 6. The van der Waals surface area contributed by atoms with E-state index in [9.17, 15) is 29.4 Å². The summed E-state index contributed by atoms with van der Waals surface area (Å²) in [6, 6.07) is 0. The average molecular weight is 515 g/mol. The van der Waals surface area contributed by atoms with E-state index < -0.39 is 39.8 Å². The summed E-state index contributed by atoms with van der Waals surface area (Å²) in [4.78, 5) is 51.9. The third-order valence-electron chi connectivity index (χ3n) is 11.2. The van der Waals surface area contributed by atoms with Crippen LogP contribution in [0.3, 0.4) is 0 Å². The van der Waals surface area contributed by atoms with Crippen molar-refractivity contribution in [1.82, 2.24) is 0 Å². The van der Waals surface area contributed by atoms with Gasteiger partial charge in [-0.15, -0.1) is 0 Å². The molecule has 0 heterocycles. The number of aliphatic carboxylic acids is 1.